The molecule has 0 aromatic heterocycles. The number of hydrogen-bond donors (Lipinski definition) is 2. The standard InChI is InChI=1S/C21H23N3O6/c1-13-8-14(2)21(15(3)9-13)23-18(25)11-22-19(26)12-30-20(27)10-16-6-4-5-7-17(16)24(28)29/h4-9H,10-12H2,1-3H3,(H,22,26)(H,23,25). The summed E-state index contributed by atoms with van der Waals surface area (Å²) in [6, 6.07) is 9.67. The Morgan fingerprint density at radius 2 is 1.67 bits per heavy atom. The summed E-state index contributed by atoms with van der Waals surface area (Å²) in [6.07, 6.45) is -0.336. The molecule has 158 valence electrons. The molecule has 2 amide bonds. The molecule has 0 aliphatic heterocycles. The number of hydrogen-bond acceptors (Lipinski definition) is 6. The van der Waals surface area contributed by atoms with Crippen molar-refractivity contribution < 1.29 is 24.0 Å². The van der Waals surface area contributed by atoms with E-state index in [0.717, 1.165) is 16.7 Å². The van der Waals surface area contributed by atoms with Gasteiger partial charge in [0.15, 0.2) is 6.61 Å². The lowest BCUT2D eigenvalue weighted by Gasteiger charge is -2.13. The van der Waals surface area contributed by atoms with Crippen LogP contribution >= 0.6 is 0 Å². The number of ether oxygens (including phenoxy) is 1. The van der Waals surface area contributed by atoms with Gasteiger partial charge in [0.25, 0.3) is 11.6 Å². The molecule has 2 aromatic rings. The lowest BCUT2D eigenvalue weighted by atomic mass is 10.1. The molecule has 0 radical (unpaired) electrons. The Labute approximate surface area is 173 Å². The summed E-state index contributed by atoms with van der Waals surface area (Å²) in [6.45, 7) is 4.85. The van der Waals surface area contributed by atoms with Crippen molar-refractivity contribution in [3.05, 3.63) is 68.8 Å². The number of carbonyl (C=O) groups excluding carboxylic acids is 3. The first-order valence-corrected chi connectivity index (χ1v) is 9.19. The Kier molecular flexibility index (Phi) is 7.62. The molecule has 0 bridgehead atoms. The lowest BCUT2D eigenvalue weighted by molar-refractivity contribution is -0.385. The van der Waals surface area contributed by atoms with Crippen LogP contribution in [0, 0.1) is 30.9 Å². The molecular weight excluding hydrogens is 390 g/mol. The number of rotatable bonds is 8. The summed E-state index contributed by atoms with van der Waals surface area (Å²) in [5.41, 5.74) is 3.59. The van der Waals surface area contributed by atoms with Gasteiger partial charge in [0.1, 0.15) is 0 Å². The van der Waals surface area contributed by atoms with E-state index in [2.05, 4.69) is 10.6 Å². The average Bonchev–Trinajstić information content (AvgIpc) is 2.67. The largest absolute Gasteiger partial charge is 0.455 e. The smallest absolute Gasteiger partial charge is 0.311 e. The number of amides is 2. The molecule has 0 saturated heterocycles. The normalized spacial score (nSPS) is 10.2. The van der Waals surface area contributed by atoms with E-state index in [1.807, 2.05) is 32.9 Å². The molecular formula is C21H23N3O6. The van der Waals surface area contributed by atoms with Crippen LogP contribution in [-0.4, -0.2) is 35.9 Å². The van der Waals surface area contributed by atoms with Crippen molar-refractivity contribution in [3.8, 4) is 0 Å². The fraction of sp³-hybridized carbons (Fsp3) is 0.286. The Balaban J connectivity index is 1.79. The number of anilines is 1. The van der Waals surface area contributed by atoms with E-state index < -0.39 is 29.3 Å². The fourth-order valence-electron chi connectivity index (χ4n) is 2.98. The lowest BCUT2D eigenvalue weighted by Crippen LogP contribution is -2.36. The van der Waals surface area contributed by atoms with Gasteiger partial charge in [-0.3, -0.25) is 24.5 Å². The molecule has 0 saturated carbocycles. The summed E-state index contributed by atoms with van der Waals surface area (Å²) in [5, 5.41) is 16.1. The molecule has 0 heterocycles. The van der Waals surface area contributed by atoms with Gasteiger partial charge in [-0.25, -0.2) is 0 Å². The van der Waals surface area contributed by atoms with Crippen LogP contribution < -0.4 is 10.6 Å². The van der Waals surface area contributed by atoms with Crippen LogP contribution in [0.15, 0.2) is 36.4 Å². The van der Waals surface area contributed by atoms with Gasteiger partial charge in [0, 0.05) is 17.3 Å². The second-order valence-corrected chi connectivity index (χ2v) is 6.82. The molecule has 9 heteroatoms. The highest BCUT2D eigenvalue weighted by atomic mass is 16.6. The Hall–Kier alpha value is -3.75. The molecule has 0 atom stereocenters. The summed E-state index contributed by atoms with van der Waals surface area (Å²) >= 11 is 0. The summed E-state index contributed by atoms with van der Waals surface area (Å²) in [4.78, 5) is 46.2. The number of nitrogens with zero attached hydrogens (tertiary/aromatic N) is 1. The van der Waals surface area contributed by atoms with Crippen molar-refractivity contribution in [2.75, 3.05) is 18.5 Å². The monoisotopic (exact) mass is 413 g/mol. The topological polar surface area (TPSA) is 128 Å². The Morgan fingerprint density at radius 3 is 2.30 bits per heavy atom. The third-order valence-electron chi connectivity index (χ3n) is 4.27. The average molecular weight is 413 g/mol. The zero-order valence-corrected chi connectivity index (χ0v) is 17.0. The quantitative estimate of drug-likeness (QED) is 0.388. The van der Waals surface area contributed by atoms with Crippen molar-refractivity contribution in [1.82, 2.24) is 5.32 Å². The van der Waals surface area contributed by atoms with Crippen molar-refractivity contribution in [2.24, 2.45) is 0 Å². The summed E-state index contributed by atoms with van der Waals surface area (Å²) in [5.74, 6) is -1.85. The van der Waals surface area contributed by atoms with Crippen LogP contribution in [0.4, 0.5) is 11.4 Å². The SMILES string of the molecule is Cc1cc(C)c(NC(=O)CNC(=O)COC(=O)Cc2ccccc2[N+](=O)[O-])c(C)c1. The van der Waals surface area contributed by atoms with Gasteiger partial charge in [-0.05, 0) is 31.9 Å². The number of nitro groups is 1. The molecule has 9 nitrogen and oxygen atoms in total. The van der Waals surface area contributed by atoms with Crippen molar-refractivity contribution in [3.63, 3.8) is 0 Å². The molecule has 0 spiro atoms. The number of esters is 1. The van der Waals surface area contributed by atoms with Crippen LogP contribution in [0.5, 0.6) is 0 Å². The van der Waals surface area contributed by atoms with E-state index in [-0.39, 0.29) is 24.2 Å². The third kappa shape index (κ3) is 6.40. The van der Waals surface area contributed by atoms with Gasteiger partial charge < -0.3 is 15.4 Å². The van der Waals surface area contributed by atoms with E-state index >= 15 is 0 Å². The second kappa shape index (κ2) is 10.1. The van der Waals surface area contributed by atoms with Crippen molar-refractivity contribution in [2.45, 2.75) is 27.2 Å². The maximum atomic E-state index is 12.1. The molecule has 0 fully saturated rings. The number of aryl methyl sites for hydroxylation is 3. The maximum Gasteiger partial charge on any atom is 0.311 e. The van der Waals surface area contributed by atoms with E-state index in [9.17, 15) is 24.5 Å². The minimum absolute atomic E-state index is 0.191. The van der Waals surface area contributed by atoms with Gasteiger partial charge in [-0.2, -0.15) is 0 Å². The van der Waals surface area contributed by atoms with Gasteiger partial charge in [-0.15, -0.1) is 0 Å². The highest BCUT2D eigenvalue weighted by molar-refractivity contribution is 5.96. The van der Waals surface area contributed by atoms with Crippen LogP contribution in [0.3, 0.4) is 0 Å². The van der Waals surface area contributed by atoms with Gasteiger partial charge in [-0.1, -0.05) is 35.9 Å². The first-order valence-electron chi connectivity index (χ1n) is 9.19. The maximum absolute atomic E-state index is 12.1. The molecule has 2 N–H and O–H groups in total. The second-order valence-electron chi connectivity index (χ2n) is 6.82. The number of benzene rings is 2. The minimum atomic E-state index is -0.783. The first-order chi connectivity index (χ1) is 14.2. The highest BCUT2D eigenvalue weighted by Gasteiger charge is 2.17. The Morgan fingerprint density at radius 1 is 1.03 bits per heavy atom. The first kappa shape index (κ1) is 22.5. The number of nitrogens with one attached hydrogen (secondary N) is 2. The van der Waals surface area contributed by atoms with Crippen molar-refractivity contribution in [1.29, 1.82) is 0 Å². The molecule has 0 aliphatic carbocycles. The summed E-state index contributed by atoms with van der Waals surface area (Å²) < 4.78 is 4.84. The number of carbonyl (C=O) groups is 3. The molecule has 0 unspecified atom stereocenters. The van der Waals surface area contributed by atoms with E-state index in [1.54, 1.807) is 6.07 Å². The van der Waals surface area contributed by atoms with Gasteiger partial charge in [0.2, 0.25) is 5.91 Å². The van der Waals surface area contributed by atoms with E-state index in [1.165, 1.54) is 18.2 Å². The number of nitro benzene ring substituents is 1. The van der Waals surface area contributed by atoms with Crippen LogP contribution in [-0.2, 0) is 25.5 Å². The van der Waals surface area contributed by atoms with Crippen LogP contribution in [0.1, 0.15) is 22.3 Å². The van der Waals surface area contributed by atoms with Crippen LogP contribution in [0.2, 0.25) is 0 Å². The Bertz CT molecular complexity index is 963. The van der Waals surface area contributed by atoms with Gasteiger partial charge >= 0.3 is 5.97 Å². The fourth-order valence-corrected chi connectivity index (χ4v) is 2.98. The van der Waals surface area contributed by atoms with E-state index in [4.69, 9.17) is 4.74 Å². The number of para-hydroxylation sites is 1. The minimum Gasteiger partial charge on any atom is -0.455 e. The van der Waals surface area contributed by atoms with Gasteiger partial charge in [0.05, 0.1) is 17.9 Å². The summed E-state index contributed by atoms with van der Waals surface area (Å²) in [7, 11) is 0. The molecule has 0 aliphatic rings. The predicted octanol–water partition coefficient (Wildman–Crippen LogP) is 2.36. The highest BCUT2D eigenvalue weighted by Crippen LogP contribution is 2.21. The van der Waals surface area contributed by atoms with E-state index in [0.29, 0.717) is 5.69 Å². The third-order valence-corrected chi connectivity index (χ3v) is 4.27. The van der Waals surface area contributed by atoms with Crippen LogP contribution in [0.25, 0.3) is 0 Å². The zero-order chi connectivity index (χ0) is 22.3. The van der Waals surface area contributed by atoms with Crippen molar-refractivity contribution >= 4 is 29.2 Å². The molecule has 2 rings (SSSR count). The molecule has 2 aromatic carbocycles. The molecule has 30 heavy (non-hydrogen) atoms. The zero-order valence-electron chi connectivity index (χ0n) is 17.0. The predicted molar refractivity (Wildman–Crippen MR) is 110 cm³/mol.